The van der Waals surface area contributed by atoms with E-state index >= 15 is 0 Å². The fourth-order valence-electron chi connectivity index (χ4n) is 5.39. The van der Waals surface area contributed by atoms with Gasteiger partial charge in [0.25, 0.3) is 0 Å². The monoisotopic (exact) mass is 546 g/mol. The number of hydrogen-bond acceptors (Lipinski definition) is 6. The maximum atomic E-state index is 13.3. The molecule has 2 aromatic heterocycles. The van der Waals surface area contributed by atoms with Crippen molar-refractivity contribution in [2.45, 2.75) is 84.8 Å². The smallest absolute Gasteiger partial charge is 0.420 e. The highest BCUT2D eigenvalue weighted by molar-refractivity contribution is 5.94. The van der Waals surface area contributed by atoms with Gasteiger partial charge in [-0.2, -0.15) is 0 Å². The van der Waals surface area contributed by atoms with Crippen molar-refractivity contribution in [3.05, 3.63) is 47.8 Å². The molecule has 2 fully saturated rings. The minimum atomic E-state index is -0.578. The van der Waals surface area contributed by atoms with Gasteiger partial charge >= 0.3 is 12.2 Å². The number of amides is 1. The normalized spacial score (nSPS) is 16.4. The molecule has 3 aromatic rings. The molecule has 0 unspecified atom stereocenters. The van der Waals surface area contributed by atoms with Crippen LogP contribution in [0, 0.1) is 0 Å². The predicted octanol–water partition coefficient (Wildman–Crippen LogP) is 6.98. The largest absolute Gasteiger partial charge is 0.444 e. The molecule has 1 aliphatic heterocycles. The lowest BCUT2D eigenvalue weighted by atomic mass is 10.0. The molecule has 8 nitrogen and oxygen atoms in total. The van der Waals surface area contributed by atoms with Crippen LogP contribution in [-0.4, -0.2) is 64.0 Å². The molecule has 0 atom stereocenters. The van der Waals surface area contributed by atoms with E-state index in [1.165, 1.54) is 5.56 Å². The van der Waals surface area contributed by atoms with E-state index in [0.29, 0.717) is 24.7 Å². The van der Waals surface area contributed by atoms with Crippen LogP contribution >= 0.6 is 0 Å². The minimum Gasteiger partial charge on any atom is -0.444 e. The first kappa shape index (κ1) is 28.0. The summed E-state index contributed by atoms with van der Waals surface area (Å²) in [7, 11) is 0. The van der Waals surface area contributed by atoms with Crippen molar-refractivity contribution in [3.63, 3.8) is 0 Å². The first-order valence-corrected chi connectivity index (χ1v) is 14.4. The van der Waals surface area contributed by atoms with Crippen LogP contribution in [0.4, 0.5) is 15.3 Å². The van der Waals surface area contributed by atoms with E-state index in [4.69, 9.17) is 14.5 Å². The number of ether oxygens (including phenoxy) is 2. The topological polar surface area (TPSA) is 76.9 Å². The molecule has 0 radical (unpaired) electrons. The Morgan fingerprint density at radius 3 is 2.02 bits per heavy atom. The lowest BCUT2D eigenvalue weighted by molar-refractivity contribution is 0.0240. The van der Waals surface area contributed by atoms with Crippen molar-refractivity contribution < 1.29 is 19.1 Å². The van der Waals surface area contributed by atoms with Gasteiger partial charge in [-0.25, -0.2) is 19.1 Å². The summed E-state index contributed by atoms with van der Waals surface area (Å²) in [5.41, 5.74) is 5.09. The third-order valence-electron chi connectivity index (χ3n) is 7.34. The van der Waals surface area contributed by atoms with Gasteiger partial charge in [0.1, 0.15) is 16.8 Å². The molecular formula is C32H42N4O4. The Balaban J connectivity index is 1.37. The third-order valence-corrected chi connectivity index (χ3v) is 7.34. The molecule has 40 heavy (non-hydrogen) atoms. The van der Waals surface area contributed by atoms with Gasteiger partial charge in [-0.1, -0.05) is 19.1 Å². The molecule has 8 heteroatoms. The SMILES string of the molecule is CCc1c(C2CC2)n(C(=O)OC(C)(C)C)c2ncc(-c3ccc(N4CCN(C(=O)OC(C)(C)C)CC4)cc3)cc12. The van der Waals surface area contributed by atoms with Crippen molar-refractivity contribution >= 4 is 28.9 Å². The number of fused-ring (bicyclic) bond motifs is 1. The Hall–Kier alpha value is -3.55. The summed E-state index contributed by atoms with van der Waals surface area (Å²) >= 11 is 0. The molecule has 5 rings (SSSR count). The molecular weight excluding hydrogens is 504 g/mol. The van der Waals surface area contributed by atoms with Gasteiger partial charge in [-0.3, -0.25) is 0 Å². The molecule has 1 saturated heterocycles. The van der Waals surface area contributed by atoms with E-state index in [1.807, 2.05) is 47.7 Å². The van der Waals surface area contributed by atoms with Gasteiger partial charge in [0.05, 0.1) is 0 Å². The van der Waals surface area contributed by atoms with Gasteiger partial charge in [0.2, 0.25) is 0 Å². The maximum absolute atomic E-state index is 13.3. The number of piperazine rings is 1. The van der Waals surface area contributed by atoms with Gasteiger partial charge in [0.15, 0.2) is 0 Å². The first-order valence-electron chi connectivity index (χ1n) is 14.4. The maximum Gasteiger partial charge on any atom is 0.420 e. The summed E-state index contributed by atoms with van der Waals surface area (Å²) in [4.78, 5) is 34.6. The highest BCUT2D eigenvalue weighted by Gasteiger charge is 2.35. The third kappa shape index (κ3) is 5.96. The second-order valence-corrected chi connectivity index (χ2v) is 12.9. The number of anilines is 1. The quantitative estimate of drug-likeness (QED) is 0.351. The van der Waals surface area contributed by atoms with Crippen molar-refractivity contribution in [2.24, 2.45) is 0 Å². The zero-order valence-corrected chi connectivity index (χ0v) is 24.9. The number of rotatable bonds is 4. The van der Waals surface area contributed by atoms with Crippen LogP contribution in [-0.2, 0) is 15.9 Å². The van der Waals surface area contributed by atoms with E-state index in [2.05, 4.69) is 42.2 Å². The Labute approximate surface area is 237 Å². The molecule has 0 spiro atoms. The zero-order valence-electron chi connectivity index (χ0n) is 24.9. The molecule has 1 aromatic carbocycles. The summed E-state index contributed by atoms with van der Waals surface area (Å²) in [6, 6.07) is 10.7. The number of pyridine rings is 1. The second-order valence-electron chi connectivity index (χ2n) is 12.9. The number of carbonyl (C=O) groups excluding carboxylic acids is 2. The molecule has 1 aliphatic carbocycles. The average molecular weight is 547 g/mol. The summed E-state index contributed by atoms with van der Waals surface area (Å²) in [6.07, 6.45) is 4.27. The average Bonchev–Trinajstić information content (AvgIpc) is 3.67. The van der Waals surface area contributed by atoms with Crippen LogP contribution in [0.3, 0.4) is 0 Å². The number of aromatic nitrogens is 2. The van der Waals surface area contributed by atoms with Crippen LogP contribution < -0.4 is 4.90 Å². The molecule has 0 N–H and O–H groups in total. The van der Waals surface area contributed by atoms with Crippen molar-refractivity contribution in [2.75, 3.05) is 31.1 Å². The van der Waals surface area contributed by atoms with Crippen molar-refractivity contribution in [1.29, 1.82) is 0 Å². The highest BCUT2D eigenvalue weighted by Crippen LogP contribution is 2.45. The highest BCUT2D eigenvalue weighted by atomic mass is 16.6. The van der Waals surface area contributed by atoms with Crippen LogP contribution in [0.1, 0.15) is 78.5 Å². The van der Waals surface area contributed by atoms with Gasteiger partial charge < -0.3 is 19.3 Å². The van der Waals surface area contributed by atoms with Crippen LogP contribution in [0.2, 0.25) is 0 Å². The van der Waals surface area contributed by atoms with E-state index in [9.17, 15) is 9.59 Å². The number of carbonyl (C=O) groups is 2. The summed E-state index contributed by atoms with van der Waals surface area (Å²) in [5.74, 6) is 0.384. The van der Waals surface area contributed by atoms with E-state index in [0.717, 1.165) is 60.2 Å². The van der Waals surface area contributed by atoms with E-state index in [1.54, 1.807) is 9.47 Å². The molecule has 2 aliphatic rings. The van der Waals surface area contributed by atoms with Crippen LogP contribution in [0.5, 0.6) is 0 Å². The minimum absolute atomic E-state index is 0.248. The fourth-order valence-corrected chi connectivity index (χ4v) is 5.39. The molecule has 1 saturated carbocycles. The van der Waals surface area contributed by atoms with Gasteiger partial charge in [-0.05, 0) is 90.1 Å². The van der Waals surface area contributed by atoms with Crippen LogP contribution in [0.15, 0.2) is 36.5 Å². The summed E-state index contributed by atoms with van der Waals surface area (Å²) in [5, 5.41) is 1.02. The fraction of sp³-hybridized carbons (Fsp3) is 0.531. The van der Waals surface area contributed by atoms with Crippen LogP contribution in [0.25, 0.3) is 22.2 Å². The molecule has 1 amide bonds. The first-order chi connectivity index (χ1) is 18.8. The standard InChI is InChI=1S/C32H42N4O4/c1-8-25-26-19-23(20-33-28(26)36(27(25)22-9-10-22)30(38)40-32(5,6)7)21-11-13-24(14-12-21)34-15-17-35(18-16-34)29(37)39-31(2,3)4/h11-14,19-20,22H,8-10,15-18H2,1-7H3. The lowest BCUT2D eigenvalue weighted by Crippen LogP contribution is -2.50. The number of aryl methyl sites for hydroxylation is 1. The van der Waals surface area contributed by atoms with Crippen molar-refractivity contribution in [1.82, 2.24) is 14.5 Å². The lowest BCUT2D eigenvalue weighted by Gasteiger charge is -2.36. The van der Waals surface area contributed by atoms with Gasteiger partial charge in [-0.15, -0.1) is 0 Å². The molecule has 214 valence electrons. The molecule has 0 bridgehead atoms. The Morgan fingerprint density at radius 2 is 1.48 bits per heavy atom. The molecule has 3 heterocycles. The second kappa shape index (κ2) is 10.5. The van der Waals surface area contributed by atoms with Crippen molar-refractivity contribution in [3.8, 4) is 11.1 Å². The summed E-state index contributed by atoms with van der Waals surface area (Å²) in [6.45, 7) is 16.3. The summed E-state index contributed by atoms with van der Waals surface area (Å²) < 4.78 is 13.0. The predicted molar refractivity (Wildman–Crippen MR) is 158 cm³/mol. The number of hydrogen-bond donors (Lipinski definition) is 0. The van der Waals surface area contributed by atoms with E-state index in [-0.39, 0.29) is 12.2 Å². The number of benzene rings is 1. The number of nitrogens with zero attached hydrogens (tertiary/aromatic N) is 4. The van der Waals surface area contributed by atoms with Gasteiger partial charge in [0, 0.05) is 60.6 Å². The Morgan fingerprint density at radius 1 is 0.875 bits per heavy atom. The zero-order chi connectivity index (χ0) is 28.8. The Kier molecular flexibility index (Phi) is 7.31. The Bertz CT molecular complexity index is 1400. The van der Waals surface area contributed by atoms with E-state index < -0.39 is 11.2 Å².